The normalized spacial score (nSPS) is 12.7. The summed E-state index contributed by atoms with van der Waals surface area (Å²) in [6.07, 6.45) is 0. The Kier molecular flexibility index (Phi) is 9.55. The summed E-state index contributed by atoms with van der Waals surface area (Å²) in [7, 11) is 0. The molecule has 0 amide bonds. The van der Waals surface area contributed by atoms with Crippen LogP contribution in [0.5, 0.6) is 0 Å². The summed E-state index contributed by atoms with van der Waals surface area (Å²) >= 11 is 0. The van der Waals surface area contributed by atoms with Crippen LogP contribution in [-0.2, 0) is 5.41 Å². The van der Waals surface area contributed by atoms with Crippen LogP contribution in [0.15, 0.2) is 285 Å². The standard InChI is InChI=1S/C73H47N/c1-6-20-48(21-7-1)51-34-37-61-59-30-16-17-31-60(59)62-38-36-58(45-65(62)64(61)43-51)74-71-39-35-52(55-41-53(49-22-8-2-9-23-49)40-54(42-55)50-24-10-3-11-25-50)44-67(71)68-46-66-63-32-18-19-33-69(63)73(70(66)47-72(68)74,56-26-12-4-13-27-56)57-28-14-5-15-29-57/h1-47H. The Labute approximate surface area is 430 Å². The molecule has 0 bridgehead atoms. The average Bonchev–Trinajstić information content (AvgIpc) is 4.05. The molecule has 13 aromatic carbocycles. The van der Waals surface area contributed by atoms with Gasteiger partial charge < -0.3 is 4.57 Å². The van der Waals surface area contributed by atoms with E-state index in [9.17, 15) is 0 Å². The molecule has 74 heavy (non-hydrogen) atoms. The lowest BCUT2D eigenvalue weighted by Gasteiger charge is -2.34. The van der Waals surface area contributed by atoms with Crippen molar-refractivity contribution >= 4 is 54.1 Å². The third kappa shape index (κ3) is 6.43. The zero-order valence-electron chi connectivity index (χ0n) is 40.6. The first-order valence-electron chi connectivity index (χ1n) is 25.7. The summed E-state index contributed by atoms with van der Waals surface area (Å²) in [6.45, 7) is 0. The molecule has 1 aromatic heterocycles. The Balaban J connectivity index is 1.05. The summed E-state index contributed by atoms with van der Waals surface area (Å²) in [5.41, 5.74) is 20.2. The zero-order valence-corrected chi connectivity index (χ0v) is 40.6. The van der Waals surface area contributed by atoms with Gasteiger partial charge in [0, 0.05) is 16.5 Å². The van der Waals surface area contributed by atoms with Crippen molar-refractivity contribution in [3.63, 3.8) is 0 Å². The number of hydrogen-bond donors (Lipinski definition) is 0. The first-order valence-corrected chi connectivity index (χ1v) is 25.7. The van der Waals surface area contributed by atoms with Gasteiger partial charge in [-0.15, -0.1) is 0 Å². The fourth-order valence-electron chi connectivity index (χ4n) is 12.7. The maximum atomic E-state index is 2.55. The van der Waals surface area contributed by atoms with Crippen LogP contribution in [0.2, 0.25) is 0 Å². The average molecular weight is 938 g/mol. The summed E-state index contributed by atoms with van der Waals surface area (Å²) in [5, 5.41) is 9.98. The van der Waals surface area contributed by atoms with E-state index in [4.69, 9.17) is 0 Å². The highest BCUT2D eigenvalue weighted by molar-refractivity contribution is 6.26. The van der Waals surface area contributed by atoms with Crippen molar-refractivity contribution in [3.05, 3.63) is 307 Å². The quantitative estimate of drug-likeness (QED) is 0.140. The first-order chi connectivity index (χ1) is 36.7. The molecule has 0 radical (unpaired) electrons. The lowest BCUT2D eigenvalue weighted by molar-refractivity contribution is 0.769. The SMILES string of the molecule is c1ccc(-c2cc(-c3ccccc3)cc(-c3ccc4c(c3)c3cc5c(cc3n4-c3ccc4c6ccccc6c6ccc(-c7ccccc7)cc6c4c3)C(c3ccccc3)(c3ccccc3)c3ccccc3-5)c2)cc1. The Morgan fingerprint density at radius 3 is 1.26 bits per heavy atom. The minimum absolute atomic E-state index is 0.548. The molecule has 0 aliphatic heterocycles. The van der Waals surface area contributed by atoms with Crippen LogP contribution in [-0.4, -0.2) is 4.57 Å². The molecule has 344 valence electrons. The summed E-state index contributed by atoms with van der Waals surface area (Å²) in [6, 6.07) is 106. The molecule has 1 heteroatoms. The summed E-state index contributed by atoms with van der Waals surface area (Å²) in [5.74, 6) is 0. The molecule has 1 nitrogen and oxygen atoms in total. The van der Waals surface area contributed by atoms with Crippen molar-refractivity contribution in [2.45, 2.75) is 5.41 Å². The van der Waals surface area contributed by atoms with E-state index in [0.717, 1.165) is 5.69 Å². The lowest BCUT2D eigenvalue weighted by atomic mass is 9.67. The fraction of sp³-hybridized carbons (Fsp3) is 0.0137. The highest BCUT2D eigenvalue weighted by atomic mass is 15.0. The Bertz CT molecular complexity index is 4400. The van der Waals surface area contributed by atoms with Gasteiger partial charge in [0.05, 0.1) is 16.4 Å². The van der Waals surface area contributed by atoms with Gasteiger partial charge in [0.15, 0.2) is 0 Å². The lowest BCUT2D eigenvalue weighted by Crippen LogP contribution is -2.28. The van der Waals surface area contributed by atoms with Crippen molar-refractivity contribution in [1.29, 1.82) is 0 Å². The first kappa shape index (κ1) is 42.2. The van der Waals surface area contributed by atoms with Crippen molar-refractivity contribution in [2.75, 3.05) is 0 Å². The molecule has 0 unspecified atom stereocenters. The number of rotatable bonds is 7. The van der Waals surface area contributed by atoms with Gasteiger partial charge in [-0.05, 0) is 171 Å². The Morgan fingerprint density at radius 1 is 0.216 bits per heavy atom. The second-order valence-electron chi connectivity index (χ2n) is 19.9. The van der Waals surface area contributed by atoms with Crippen LogP contribution in [0.1, 0.15) is 22.3 Å². The number of hydrogen-bond acceptors (Lipinski definition) is 0. The van der Waals surface area contributed by atoms with E-state index in [-0.39, 0.29) is 0 Å². The van der Waals surface area contributed by atoms with Crippen LogP contribution in [0.4, 0.5) is 0 Å². The van der Waals surface area contributed by atoms with Crippen molar-refractivity contribution < 1.29 is 0 Å². The molecule has 0 spiro atoms. The van der Waals surface area contributed by atoms with E-state index in [2.05, 4.69) is 290 Å². The summed E-state index contributed by atoms with van der Waals surface area (Å²) in [4.78, 5) is 0. The van der Waals surface area contributed by atoms with Gasteiger partial charge in [-0.2, -0.15) is 0 Å². The van der Waals surface area contributed by atoms with Crippen LogP contribution in [0.3, 0.4) is 0 Å². The van der Waals surface area contributed by atoms with Crippen LogP contribution < -0.4 is 0 Å². The highest BCUT2D eigenvalue weighted by Gasteiger charge is 2.46. The molecule has 0 fully saturated rings. The number of nitrogens with zero attached hydrogens (tertiary/aromatic N) is 1. The number of aromatic nitrogens is 1. The topological polar surface area (TPSA) is 4.93 Å². The molecule has 14 aromatic rings. The van der Waals surface area contributed by atoms with E-state index in [1.807, 2.05) is 0 Å². The van der Waals surface area contributed by atoms with E-state index in [1.165, 1.54) is 132 Å². The molecule has 0 N–H and O–H groups in total. The smallest absolute Gasteiger partial charge is 0.0714 e. The molecule has 15 rings (SSSR count). The zero-order chi connectivity index (χ0) is 48.7. The molecule has 1 aliphatic rings. The van der Waals surface area contributed by atoms with Gasteiger partial charge in [-0.1, -0.05) is 224 Å². The van der Waals surface area contributed by atoms with Crippen LogP contribution in [0, 0.1) is 0 Å². The van der Waals surface area contributed by atoms with Gasteiger partial charge >= 0.3 is 0 Å². The van der Waals surface area contributed by atoms with Gasteiger partial charge in [-0.3, -0.25) is 0 Å². The Morgan fingerprint density at radius 2 is 0.649 bits per heavy atom. The van der Waals surface area contributed by atoms with Gasteiger partial charge in [0.25, 0.3) is 0 Å². The van der Waals surface area contributed by atoms with E-state index >= 15 is 0 Å². The molecule has 1 aliphatic carbocycles. The predicted molar refractivity (Wildman–Crippen MR) is 312 cm³/mol. The second-order valence-corrected chi connectivity index (χ2v) is 19.9. The maximum absolute atomic E-state index is 2.55. The fourth-order valence-corrected chi connectivity index (χ4v) is 12.7. The second kappa shape index (κ2) is 16.8. The van der Waals surface area contributed by atoms with E-state index < -0.39 is 5.41 Å². The molecule has 0 atom stereocenters. The van der Waals surface area contributed by atoms with Crippen molar-refractivity contribution in [1.82, 2.24) is 4.57 Å². The molecule has 0 saturated carbocycles. The van der Waals surface area contributed by atoms with Crippen LogP contribution in [0.25, 0.3) is 115 Å². The van der Waals surface area contributed by atoms with Gasteiger partial charge in [-0.25, -0.2) is 0 Å². The molecular weight excluding hydrogens is 891 g/mol. The Hall–Kier alpha value is -9.56. The largest absolute Gasteiger partial charge is 0.309 e. The third-order valence-corrected chi connectivity index (χ3v) is 16.0. The monoisotopic (exact) mass is 937 g/mol. The van der Waals surface area contributed by atoms with Gasteiger partial charge in [0.1, 0.15) is 0 Å². The van der Waals surface area contributed by atoms with Crippen LogP contribution >= 0.6 is 0 Å². The van der Waals surface area contributed by atoms with Crippen molar-refractivity contribution in [3.8, 4) is 61.3 Å². The van der Waals surface area contributed by atoms with Gasteiger partial charge in [0.2, 0.25) is 0 Å². The molecule has 0 saturated heterocycles. The third-order valence-electron chi connectivity index (χ3n) is 16.0. The number of benzene rings is 13. The minimum atomic E-state index is -0.548. The van der Waals surface area contributed by atoms with E-state index in [1.54, 1.807) is 0 Å². The highest BCUT2D eigenvalue weighted by Crippen LogP contribution is 2.57. The predicted octanol–water partition coefficient (Wildman–Crippen LogP) is 19.3. The maximum Gasteiger partial charge on any atom is 0.0714 e. The molecular formula is C73H47N. The minimum Gasteiger partial charge on any atom is -0.309 e. The van der Waals surface area contributed by atoms with Crippen molar-refractivity contribution in [2.24, 2.45) is 0 Å². The summed E-state index contributed by atoms with van der Waals surface area (Å²) < 4.78 is 2.55. The van der Waals surface area contributed by atoms with E-state index in [0.29, 0.717) is 0 Å². The number of fused-ring (bicyclic) bond motifs is 12. The molecule has 1 heterocycles.